The number of nitrogens with zero attached hydrogens (tertiary/aromatic N) is 1. The number of hydrogen-bond acceptors (Lipinski definition) is 4. The van der Waals surface area contributed by atoms with Gasteiger partial charge in [0.15, 0.2) is 17.3 Å². The van der Waals surface area contributed by atoms with E-state index in [1.54, 1.807) is 0 Å². The lowest BCUT2D eigenvalue weighted by Gasteiger charge is -2.37. The Hall–Kier alpha value is -2.93. The van der Waals surface area contributed by atoms with Gasteiger partial charge in [0.2, 0.25) is 0 Å². The van der Waals surface area contributed by atoms with Crippen molar-refractivity contribution in [2.24, 2.45) is 10.8 Å². The topological polar surface area (TPSA) is 67.2 Å². The van der Waals surface area contributed by atoms with Crippen LogP contribution in [0.5, 0.6) is 5.75 Å². The number of aryl methyl sites for hydroxylation is 1. The van der Waals surface area contributed by atoms with E-state index < -0.39 is 0 Å². The number of carbonyl (C=O) groups is 2. The van der Waals surface area contributed by atoms with E-state index >= 15 is 0 Å². The van der Waals surface area contributed by atoms with Gasteiger partial charge in [-0.3, -0.25) is 9.59 Å². The van der Waals surface area contributed by atoms with E-state index in [0.717, 1.165) is 27.5 Å². The normalized spacial score (nSPS) is 21.1. The number of nitriles is 1. The first-order chi connectivity index (χ1) is 14.0. The van der Waals surface area contributed by atoms with Gasteiger partial charge in [0.05, 0.1) is 11.1 Å². The zero-order valence-corrected chi connectivity index (χ0v) is 18.2. The van der Waals surface area contributed by atoms with Crippen molar-refractivity contribution >= 4 is 27.9 Å². The number of rotatable bonds is 0. The lowest BCUT2D eigenvalue weighted by atomic mass is 9.69. The summed E-state index contributed by atoms with van der Waals surface area (Å²) in [6.07, 6.45) is 2.21. The smallest absolute Gasteiger partial charge is 0.167 e. The van der Waals surface area contributed by atoms with Crippen LogP contribution in [0.25, 0.3) is 16.3 Å². The molecule has 0 radical (unpaired) electrons. The molecule has 3 aliphatic rings. The second-order valence-electron chi connectivity index (χ2n) is 10.7. The van der Waals surface area contributed by atoms with Crippen LogP contribution in [0, 0.1) is 29.1 Å². The van der Waals surface area contributed by atoms with Gasteiger partial charge in [-0.2, -0.15) is 5.26 Å². The van der Waals surface area contributed by atoms with Crippen LogP contribution < -0.4 is 4.74 Å². The molecule has 2 aliphatic carbocycles. The Kier molecular flexibility index (Phi) is 3.70. The van der Waals surface area contributed by atoms with E-state index in [9.17, 15) is 14.9 Å². The predicted octanol–water partition coefficient (Wildman–Crippen LogP) is 5.67. The van der Waals surface area contributed by atoms with Crippen LogP contribution in [0.15, 0.2) is 17.9 Å². The van der Waals surface area contributed by atoms with Crippen LogP contribution in [-0.4, -0.2) is 11.6 Å². The van der Waals surface area contributed by atoms with E-state index in [0.29, 0.717) is 53.9 Å². The highest BCUT2D eigenvalue weighted by Crippen LogP contribution is 2.52. The van der Waals surface area contributed by atoms with Crippen molar-refractivity contribution in [3.8, 4) is 11.8 Å². The van der Waals surface area contributed by atoms with Gasteiger partial charge in [0.1, 0.15) is 11.8 Å². The number of Topliss-reactive ketones (excluding diaryl/α,β-unsaturated/α-hetero) is 2. The number of ether oxygens (including phenoxy) is 1. The van der Waals surface area contributed by atoms with E-state index in [1.165, 1.54) is 0 Å². The van der Waals surface area contributed by atoms with Crippen LogP contribution in [0.4, 0.5) is 0 Å². The lowest BCUT2D eigenvalue weighted by molar-refractivity contribution is -0.116. The number of carbonyl (C=O) groups excluding carboxylic acids is 2. The molecule has 0 spiro atoms. The third kappa shape index (κ3) is 2.58. The summed E-state index contributed by atoms with van der Waals surface area (Å²) in [5.41, 5.74) is 3.95. The summed E-state index contributed by atoms with van der Waals surface area (Å²) in [6.45, 7) is 10.3. The maximum absolute atomic E-state index is 13.2. The van der Waals surface area contributed by atoms with Gasteiger partial charge < -0.3 is 4.74 Å². The van der Waals surface area contributed by atoms with Gasteiger partial charge in [-0.15, -0.1) is 0 Å². The Morgan fingerprint density at radius 2 is 1.63 bits per heavy atom. The van der Waals surface area contributed by atoms with Crippen molar-refractivity contribution < 1.29 is 14.3 Å². The van der Waals surface area contributed by atoms with Gasteiger partial charge in [-0.25, -0.2) is 0 Å². The van der Waals surface area contributed by atoms with Gasteiger partial charge in [0.25, 0.3) is 0 Å². The minimum Gasteiger partial charge on any atom is -0.459 e. The van der Waals surface area contributed by atoms with Crippen molar-refractivity contribution in [3.63, 3.8) is 0 Å². The summed E-state index contributed by atoms with van der Waals surface area (Å²) in [5.74, 6) is 1.32. The highest BCUT2D eigenvalue weighted by Gasteiger charge is 2.42. The largest absolute Gasteiger partial charge is 0.459 e. The third-order valence-corrected chi connectivity index (χ3v) is 6.63. The van der Waals surface area contributed by atoms with Crippen LogP contribution in [0.1, 0.15) is 79.6 Å². The van der Waals surface area contributed by atoms with E-state index in [-0.39, 0.29) is 22.4 Å². The lowest BCUT2D eigenvalue weighted by Crippen LogP contribution is -2.31. The summed E-state index contributed by atoms with van der Waals surface area (Å²) < 4.78 is 6.37. The Balaban J connectivity index is 1.93. The van der Waals surface area contributed by atoms with Crippen molar-refractivity contribution in [3.05, 3.63) is 45.7 Å². The van der Waals surface area contributed by atoms with E-state index in [2.05, 4.69) is 33.8 Å². The Morgan fingerprint density at radius 1 is 0.967 bits per heavy atom. The highest BCUT2D eigenvalue weighted by atomic mass is 16.5. The second kappa shape index (κ2) is 5.82. The molecule has 0 N–H and O–H groups in total. The molecule has 30 heavy (non-hydrogen) atoms. The summed E-state index contributed by atoms with van der Waals surface area (Å²) in [6, 6.07) is 6.35. The average molecular weight is 399 g/mol. The molecule has 0 saturated carbocycles. The summed E-state index contributed by atoms with van der Waals surface area (Å²) in [4.78, 5) is 26.4. The number of hydrogen-bond donors (Lipinski definition) is 0. The zero-order chi connectivity index (χ0) is 21.6. The molecule has 0 amide bonds. The van der Waals surface area contributed by atoms with E-state index in [4.69, 9.17) is 4.74 Å². The molecule has 0 aromatic heterocycles. The highest BCUT2D eigenvalue weighted by molar-refractivity contribution is 6.28. The minimum absolute atomic E-state index is 0.0664. The third-order valence-electron chi connectivity index (χ3n) is 6.63. The molecule has 0 unspecified atom stereocenters. The number of fused-ring (bicyclic) bond motifs is 3. The molecule has 0 fully saturated rings. The van der Waals surface area contributed by atoms with Crippen molar-refractivity contribution in [2.75, 3.05) is 0 Å². The monoisotopic (exact) mass is 399 g/mol. The predicted molar refractivity (Wildman–Crippen MR) is 115 cm³/mol. The van der Waals surface area contributed by atoms with E-state index in [1.807, 2.05) is 19.1 Å². The van der Waals surface area contributed by atoms with Crippen molar-refractivity contribution in [1.82, 2.24) is 0 Å². The van der Waals surface area contributed by atoms with Crippen LogP contribution in [-0.2, 0) is 11.2 Å². The Labute approximate surface area is 176 Å². The molecular weight excluding hydrogens is 374 g/mol. The first-order valence-corrected chi connectivity index (χ1v) is 10.5. The molecule has 1 heterocycles. The molecule has 5 rings (SSSR count). The first-order valence-electron chi connectivity index (χ1n) is 10.5. The standard InChI is InChI=1S/C26H25NO3/c1-13-6-14-21-16(8-25(2,3)9-18(21)28)17(12-27)24-22(14)15(7-13)23-19(29)10-26(4,5)11-20(23)30-24/h6-7H,8-11H2,1-5H3. The fraction of sp³-hybridized carbons (Fsp3) is 0.423. The quantitative estimate of drug-likeness (QED) is 0.573. The maximum Gasteiger partial charge on any atom is 0.167 e. The molecule has 4 heteroatoms. The van der Waals surface area contributed by atoms with Crippen LogP contribution >= 0.6 is 0 Å². The molecule has 0 saturated heterocycles. The number of allylic oxidation sites excluding steroid dienone is 2. The van der Waals surface area contributed by atoms with Crippen LogP contribution in [0.2, 0.25) is 0 Å². The molecule has 0 atom stereocenters. The van der Waals surface area contributed by atoms with Crippen molar-refractivity contribution in [1.29, 1.82) is 5.26 Å². The molecule has 152 valence electrons. The Morgan fingerprint density at radius 3 is 2.33 bits per heavy atom. The minimum atomic E-state index is -0.204. The second-order valence-corrected chi connectivity index (χ2v) is 10.7. The molecular formula is C26H25NO3. The SMILES string of the molecule is Cc1cc2c3c(c(C#N)c4c(c3c1)C(=O)CC(C)(C)C4)OC1=C2C(=O)CC(C)(C)C1. The number of benzene rings is 2. The molecule has 2 aromatic carbocycles. The summed E-state index contributed by atoms with van der Waals surface area (Å²) >= 11 is 0. The van der Waals surface area contributed by atoms with Gasteiger partial charge in [-0.05, 0) is 40.7 Å². The average Bonchev–Trinajstić information content (AvgIpc) is 2.58. The molecule has 0 bridgehead atoms. The summed E-state index contributed by atoms with van der Waals surface area (Å²) in [7, 11) is 0. The number of ketones is 2. The zero-order valence-electron chi connectivity index (χ0n) is 18.2. The van der Waals surface area contributed by atoms with Crippen molar-refractivity contribution in [2.45, 2.75) is 60.3 Å². The fourth-order valence-corrected chi connectivity index (χ4v) is 5.53. The maximum atomic E-state index is 13.2. The van der Waals surface area contributed by atoms with Crippen LogP contribution in [0.3, 0.4) is 0 Å². The first kappa shape index (κ1) is 19.1. The van der Waals surface area contributed by atoms with Gasteiger partial charge in [-0.1, -0.05) is 39.8 Å². The molecule has 4 nitrogen and oxygen atoms in total. The summed E-state index contributed by atoms with van der Waals surface area (Å²) in [5, 5.41) is 11.7. The van der Waals surface area contributed by atoms with Gasteiger partial charge in [0, 0.05) is 35.8 Å². The van der Waals surface area contributed by atoms with Gasteiger partial charge >= 0.3 is 0 Å². The molecule has 1 aliphatic heterocycles. The Bertz CT molecular complexity index is 1270. The molecule has 2 aromatic rings. The fourth-order valence-electron chi connectivity index (χ4n) is 5.53.